The van der Waals surface area contributed by atoms with Crippen LogP contribution in [0.4, 0.5) is 0 Å². The van der Waals surface area contributed by atoms with Crippen LogP contribution in [0, 0.1) is 5.41 Å². The van der Waals surface area contributed by atoms with Crippen LogP contribution >= 0.6 is 0 Å². The molecule has 116 valence electrons. The normalized spacial score (nSPS) is 34.9. The number of piperidine rings is 1. The molecule has 2 rings (SSSR count). The first-order chi connectivity index (χ1) is 9.38. The van der Waals surface area contributed by atoms with E-state index >= 15 is 0 Å². The Morgan fingerprint density at radius 1 is 1.35 bits per heavy atom. The van der Waals surface area contributed by atoms with E-state index < -0.39 is 11.5 Å². The minimum atomic E-state index is -0.695. The molecule has 0 amide bonds. The molecule has 1 aliphatic heterocycles. The molecule has 4 heteroatoms. The van der Waals surface area contributed by atoms with E-state index in [2.05, 4.69) is 24.1 Å². The largest absolute Gasteiger partial charge is 0.480 e. The molecule has 1 aliphatic carbocycles. The van der Waals surface area contributed by atoms with Crippen LogP contribution in [0.3, 0.4) is 0 Å². The van der Waals surface area contributed by atoms with E-state index in [-0.39, 0.29) is 0 Å². The third-order valence-electron chi connectivity index (χ3n) is 5.10. The number of hydrogen-bond acceptors (Lipinski definition) is 3. The first-order valence-electron chi connectivity index (χ1n) is 8.11. The number of hydrogen-bond donors (Lipinski definition) is 2. The van der Waals surface area contributed by atoms with Gasteiger partial charge in [-0.1, -0.05) is 20.8 Å². The first kappa shape index (κ1) is 15.8. The van der Waals surface area contributed by atoms with Gasteiger partial charge in [0, 0.05) is 12.6 Å². The van der Waals surface area contributed by atoms with Crippen LogP contribution in [0.1, 0.15) is 59.3 Å². The predicted molar refractivity (Wildman–Crippen MR) is 80.9 cm³/mol. The lowest BCUT2D eigenvalue weighted by atomic mass is 9.76. The van der Waals surface area contributed by atoms with Crippen molar-refractivity contribution in [3.05, 3.63) is 0 Å². The summed E-state index contributed by atoms with van der Waals surface area (Å²) in [7, 11) is 0. The molecule has 2 fully saturated rings. The van der Waals surface area contributed by atoms with Gasteiger partial charge >= 0.3 is 5.97 Å². The Morgan fingerprint density at radius 3 is 2.70 bits per heavy atom. The fourth-order valence-corrected chi connectivity index (χ4v) is 4.11. The summed E-state index contributed by atoms with van der Waals surface area (Å²) in [5.41, 5.74) is -0.320. The van der Waals surface area contributed by atoms with Gasteiger partial charge in [-0.15, -0.1) is 0 Å². The van der Waals surface area contributed by atoms with Crippen molar-refractivity contribution in [2.45, 2.75) is 70.9 Å². The zero-order valence-electron chi connectivity index (χ0n) is 13.2. The number of carbonyl (C=O) groups is 1. The van der Waals surface area contributed by atoms with Gasteiger partial charge in [-0.25, -0.2) is 0 Å². The zero-order chi connectivity index (χ0) is 14.8. The Hall–Kier alpha value is -0.610. The summed E-state index contributed by atoms with van der Waals surface area (Å²) < 4.78 is 0. The standard InChI is InChI=1S/C16H30N2O2/c1-4-17-16(14(19)20)9-5-7-13(11-16)18-10-6-8-15(2,3)12-18/h13,17H,4-12H2,1-3H3,(H,19,20). The number of nitrogens with one attached hydrogen (secondary N) is 1. The van der Waals surface area contributed by atoms with Crippen LogP contribution in [-0.2, 0) is 4.79 Å². The summed E-state index contributed by atoms with van der Waals surface area (Å²) >= 11 is 0. The second kappa shape index (κ2) is 6.02. The van der Waals surface area contributed by atoms with E-state index in [1.165, 1.54) is 12.8 Å². The molecule has 1 saturated heterocycles. The summed E-state index contributed by atoms with van der Waals surface area (Å²) in [6.07, 6.45) is 6.21. The van der Waals surface area contributed by atoms with Crippen LogP contribution in [0.15, 0.2) is 0 Å². The summed E-state index contributed by atoms with van der Waals surface area (Å²) in [5.74, 6) is -0.666. The fourth-order valence-electron chi connectivity index (χ4n) is 4.11. The van der Waals surface area contributed by atoms with Crippen molar-refractivity contribution in [2.24, 2.45) is 5.41 Å². The lowest BCUT2D eigenvalue weighted by Gasteiger charge is -2.47. The Kier molecular flexibility index (Phi) is 4.75. The molecule has 1 heterocycles. The van der Waals surface area contributed by atoms with Crippen LogP contribution in [-0.4, -0.2) is 47.2 Å². The Labute approximate surface area is 122 Å². The Balaban J connectivity index is 2.07. The van der Waals surface area contributed by atoms with Crippen molar-refractivity contribution in [1.82, 2.24) is 10.2 Å². The van der Waals surface area contributed by atoms with Gasteiger partial charge in [-0.05, 0) is 57.0 Å². The van der Waals surface area contributed by atoms with Crippen molar-refractivity contribution < 1.29 is 9.90 Å². The zero-order valence-corrected chi connectivity index (χ0v) is 13.2. The number of nitrogens with zero attached hydrogens (tertiary/aromatic N) is 1. The SMILES string of the molecule is CCNC1(C(=O)O)CCCC(N2CCCC(C)(C)C2)C1. The topological polar surface area (TPSA) is 52.6 Å². The van der Waals surface area contributed by atoms with Crippen LogP contribution in [0.5, 0.6) is 0 Å². The summed E-state index contributed by atoms with van der Waals surface area (Å²) in [5, 5.41) is 12.9. The number of likely N-dealkylation sites (N-methyl/N-ethyl adjacent to an activating group) is 1. The van der Waals surface area contributed by atoms with Gasteiger partial charge in [0.1, 0.15) is 5.54 Å². The van der Waals surface area contributed by atoms with E-state index in [4.69, 9.17) is 0 Å². The molecule has 2 atom stereocenters. The van der Waals surface area contributed by atoms with E-state index in [0.717, 1.165) is 45.3 Å². The maximum absolute atomic E-state index is 11.7. The van der Waals surface area contributed by atoms with Gasteiger partial charge in [-0.2, -0.15) is 0 Å². The fraction of sp³-hybridized carbons (Fsp3) is 0.938. The highest BCUT2D eigenvalue weighted by atomic mass is 16.4. The molecule has 0 aromatic rings. The van der Waals surface area contributed by atoms with E-state index in [0.29, 0.717) is 11.5 Å². The quantitative estimate of drug-likeness (QED) is 0.832. The molecule has 4 nitrogen and oxygen atoms in total. The molecule has 0 spiro atoms. The molecule has 2 unspecified atom stereocenters. The molecule has 20 heavy (non-hydrogen) atoms. The van der Waals surface area contributed by atoms with Crippen molar-refractivity contribution in [1.29, 1.82) is 0 Å². The molecule has 2 aliphatic rings. The van der Waals surface area contributed by atoms with Crippen LogP contribution < -0.4 is 5.32 Å². The smallest absolute Gasteiger partial charge is 0.323 e. The first-order valence-corrected chi connectivity index (χ1v) is 8.11. The molecule has 1 saturated carbocycles. The van der Waals surface area contributed by atoms with Gasteiger partial charge in [0.15, 0.2) is 0 Å². The number of carboxylic acid groups (broad SMARTS) is 1. The molecule has 0 radical (unpaired) electrons. The molecular weight excluding hydrogens is 252 g/mol. The van der Waals surface area contributed by atoms with Gasteiger partial charge in [0.05, 0.1) is 0 Å². The summed E-state index contributed by atoms with van der Waals surface area (Å²) in [6.45, 7) is 9.63. The minimum absolute atomic E-state index is 0.375. The predicted octanol–water partition coefficient (Wildman–Crippen LogP) is 2.48. The average molecular weight is 282 g/mol. The Bertz CT molecular complexity index is 352. The highest BCUT2D eigenvalue weighted by molar-refractivity contribution is 5.79. The number of rotatable bonds is 4. The second-order valence-corrected chi connectivity index (χ2v) is 7.41. The number of aliphatic carboxylic acids is 1. The minimum Gasteiger partial charge on any atom is -0.480 e. The maximum atomic E-state index is 11.7. The lowest BCUT2D eigenvalue weighted by Crippen LogP contribution is -2.59. The molecule has 0 aromatic carbocycles. The Morgan fingerprint density at radius 2 is 2.10 bits per heavy atom. The summed E-state index contributed by atoms with van der Waals surface area (Å²) in [4.78, 5) is 14.3. The van der Waals surface area contributed by atoms with Gasteiger partial charge < -0.3 is 10.4 Å². The van der Waals surface area contributed by atoms with Crippen LogP contribution in [0.2, 0.25) is 0 Å². The third kappa shape index (κ3) is 3.34. The average Bonchev–Trinajstić information content (AvgIpc) is 2.38. The number of likely N-dealkylation sites (tertiary alicyclic amines) is 1. The number of carboxylic acids is 1. The van der Waals surface area contributed by atoms with Crippen molar-refractivity contribution >= 4 is 5.97 Å². The highest BCUT2D eigenvalue weighted by Crippen LogP contribution is 2.36. The molecular formula is C16H30N2O2. The van der Waals surface area contributed by atoms with E-state index in [1.807, 2.05) is 6.92 Å². The van der Waals surface area contributed by atoms with E-state index in [1.54, 1.807) is 0 Å². The molecule has 0 aromatic heterocycles. The van der Waals surface area contributed by atoms with Crippen molar-refractivity contribution in [3.8, 4) is 0 Å². The van der Waals surface area contributed by atoms with Gasteiger partial charge in [0.25, 0.3) is 0 Å². The van der Waals surface area contributed by atoms with Crippen LogP contribution in [0.25, 0.3) is 0 Å². The highest BCUT2D eigenvalue weighted by Gasteiger charge is 2.44. The molecule has 0 bridgehead atoms. The monoisotopic (exact) mass is 282 g/mol. The lowest BCUT2D eigenvalue weighted by molar-refractivity contribution is -0.147. The van der Waals surface area contributed by atoms with Crippen molar-refractivity contribution in [2.75, 3.05) is 19.6 Å². The van der Waals surface area contributed by atoms with E-state index in [9.17, 15) is 9.90 Å². The van der Waals surface area contributed by atoms with Gasteiger partial charge in [0.2, 0.25) is 0 Å². The van der Waals surface area contributed by atoms with Crippen molar-refractivity contribution in [3.63, 3.8) is 0 Å². The maximum Gasteiger partial charge on any atom is 0.323 e. The molecule has 2 N–H and O–H groups in total. The summed E-state index contributed by atoms with van der Waals surface area (Å²) in [6, 6.07) is 0.429. The second-order valence-electron chi connectivity index (χ2n) is 7.41. The van der Waals surface area contributed by atoms with Gasteiger partial charge in [-0.3, -0.25) is 9.69 Å². The third-order valence-corrected chi connectivity index (χ3v) is 5.10.